The minimum absolute atomic E-state index is 0.0916. The summed E-state index contributed by atoms with van der Waals surface area (Å²) in [5, 5.41) is 5.49. The Morgan fingerprint density at radius 2 is 1.94 bits per heavy atom. The zero-order chi connectivity index (χ0) is 24.3. The van der Waals surface area contributed by atoms with Gasteiger partial charge in [0.25, 0.3) is 5.91 Å². The van der Waals surface area contributed by atoms with Crippen molar-refractivity contribution >= 4 is 17.6 Å². The molecule has 0 bridgehead atoms. The van der Waals surface area contributed by atoms with Gasteiger partial charge in [0.1, 0.15) is 34.9 Å². The van der Waals surface area contributed by atoms with Gasteiger partial charge in [-0.05, 0) is 42.8 Å². The molecule has 0 unspecified atom stereocenters. The van der Waals surface area contributed by atoms with Crippen LogP contribution in [0.25, 0.3) is 0 Å². The number of hydrogen-bond acceptors (Lipinski definition) is 6. The lowest BCUT2D eigenvalue weighted by Gasteiger charge is -2.19. The van der Waals surface area contributed by atoms with E-state index in [1.807, 2.05) is 6.07 Å². The van der Waals surface area contributed by atoms with Crippen LogP contribution in [0.4, 0.5) is 19.0 Å². The summed E-state index contributed by atoms with van der Waals surface area (Å²) in [6, 6.07) is 8.70. The third kappa shape index (κ3) is 3.82. The number of fused-ring (bicyclic) bond motifs is 4. The lowest BCUT2D eigenvalue weighted by molar-refractivity contribution is -0.141. The number of alkyl halides is 3. The second-order valence-corrected chi connectivity index (χ2v) is 8.52. The predicted octanol–water partition coefficient (Wildman–Crippen LogP) is 3.83. The van der Waals surface area contributed by atoms with Crippen LogP contribution in [0.15, 0.2) is 48.8 Å². The number of aromatic nitrogens is 2. The number of pyridine rings is 2. The molecule has 178 valence electrons. The molecule has 35 heavy (non-hydrogen) atoms. The van der Waals surface area contributed by atoms with Crippen LogP contribution < -0.4 is 20.1 Å². The van der Waals surface area contributed by atoms with E-state index >= 15 is 0 Å². The summed E-state index contributed by atoms with van der Waals surface area (Å²) in [5.41, 5.74) is 0.417. The van der Waals surface area contributed by atoms with Gasteiger partial charge in [0.15, 0.2) is 0 Å². The third-order valence-corrected chi connectivity index (χ3v) is 6.27. The van der Waals surface area contributed by atoms with Crippen molar-refractivity contribution in [1.82, 2.24) is 15.3 Å². The lowest BCUT2D eigenvalue weighted by atomic mass is 10.1. The molecule has 0 saturated heterocycles. The number of anilines is 1. The number of hydrogen-bond donors (Lipinski definition) is 2. The zero-order valence-electron chi connectivity index (χ0n) is 17.9. The van der Waals surface area contributed by atoms with Gasteiger partial charge < -0.3 is 20.1 Å². The van der Waals surface area contributed by atoms with E-state index in [9.17, 15) is 22.8 Å². The van der Waals surface area contributed by atoms with Gasteiger partial charge in [0, 0.05) is 35.5 Å². The number of ether oxygens (including phenoxy) is 2. The average molecular weight is 482 g/mol. The van der Waals surface area contributed by atoms with E-state index in [0.717, 1.165) is 23.4 Å². The van der Waals surface area contributed by atoms with Crippen LogP contribution >= 0.6 is 0 Å². The molecule has 11 heteroatoms. The van der Waals surface area contributed by atoms with Gasteiger partial charge in [-0.3, -0.25) is 14.6 Å². The minimum atomic E-state index is -4.63. The summed E-state index contributed by atoms with van der Waals surface area (Å²) in [6.45, 7) is 0. The molecule has 2 aliphatic heterocycles. The van der Waals surface area contributed by atoms with Crippen LogP contribution in [-0.4, -0.2) is 33.9 Å². The number of halogens is 3. The van der Waals surface area contributed by atoms with Crippen LogP contribution in [0, 0.1) is 0 Å². The first-order valence-corrected chi connectivity index (χ1v) is 10.9. The molecule has 2 aromatic heterocycles. The monoisotopic (exact) mass is 482 g/mol. The number of benzene rings is 1. The number of nitrogens with one attached hydrogen (secondary N) is 2. The summed E-state index contributed by atoms with van der Waals surface area (Å²) in [7, 11) is 0. The average Bonchev–Trinajstić information content (AvgIpc) is 3.35. The molecule has 4 heterocycles. The number of carbonyl (C=O) groups excluding carboxylic acids is 2. The van der Waals surface area contributed by atoms with Crippen molar-refractivity contribution in [3.05, 3.63) is 71.2 Å². The van der Waals surface area contributed by atoms with Gasteiger partial charge in [0.2, 0.25) is 5.91 Å². The third-order valence-electron chi connectivity index (χ3n) is 6.27. The first-order valence-electron chi connectivity index (χ1n) is 10.9. The first kappa shape index (κ1) is 21.4. The molecular weight excluding hydrogens is 465 g/mol. The lowest BCUT2D eigenvalue weighted by Crippen LogP contribution is -2.30. The molecular formula is C24H17F3N4O4. The van der Waals surface area contributed by atoms with Gasteiger partial charge in [-0.1, -0.05) is 0 Å². The second-order valence-electron chi connectivity index (χ2n) is 8.52. The molecule has 3 atom stereocenters. The van der Waals surface area contributed by atoms with Crippen molar-refractivity contribution in [2.45, 2.75) is 37.1 Å². The van der Waals surface area contributed by atoms with Crippen LogP contribution in [0.2, 0.25) is 0 Å². The van der Waals surface area contributed by atoms with Crippen LogP contribution in [0.3, 0.4) is 0 Å². The summed E-state index contributed by atoms with van der Waals surface area (Å²) in [4.78, 5) is 31.7. The number of carbonyl (C=O) groups is 2. The fourth-order valence-corrected chi connectivity index (χ4v) is 4.52. The largest absolute Gasteiger partial charge is 0.487 e. The smallest absolute Gasteiger partial charge is 0.433 e. The van der Waals surface area contributed by atoms with Crippen LogP contribution in [0.5, 0.6) is 17.2 Å². The summed E-state index contributed by atoms with van der Waals surface area (Å²) < 4.78 is 50.7. The normalized spacial score (nSPS) is 21.7. The van der Waals surface area contributed by atoms with Gasteiger partial charge in [-0.25, -0.2) is 4.98 Å². The predicted molar refractivity (Wildman–Crippen MR) is 115 cm³/mol. The van der Waals surface area contributed by atoms with E-state index in [1.165, 1.54) is 6.07 Å². The van der Waals surface area contributed by atoms with Gasteiger partial charge in [-0.2, -0.15) is 13.2 Å². The topological polar surface area (TPSA) is 102 Å². The first-order chi connectivity index (χ1) is 16.8. The standard InChI is InChI=1S/C24H17F3N4O4/c25-24(26,27)17-9-11(5-7-28-17)23(33)31-20-19-14-10-12(1-3-15(14)35-21(19)20)34-16-6-8-29-22-13(16)2-4-18(32)30-22/h1,3,5-10,19-21H,2,4H2,(H,31,33)(H,29,30,32)/t19-,20+,21-/m0/s1. The maximum Gasteiger partial charge on any atom is 0.433 e. The van der Waals surface area contributed by atoms with E-state index in [-0.39, 0.29) is 29.5 Å². The van der Waals surface area contributed by atoms with Crippen molar-refractivity contribution in [3.8, 4) is 17.2 Å². The van der Waals surface area contributed by atoms with Gasteiger partial charge >= 0.3 is 6.18 Å². The molecule has 0 radical (unpaired) electrons. The maximum atomic E-state index is 12.9. The Morgan fingerprint density at radius 1 is 1.11 bits per heavy atom. The van der Waals surface area contributed by atoms with E-state index in [0.29, 0.717) is 35.9 Å². The molecule has 1 aromatic carbocycles. The molecule has 3 aliphatic rings. The Bertz CT molecular complexity index is 1380. The molecule has 6 rings (SSSR count). The van der Waals surface area contributed by atoms with Crippen LogP contribution in [0.1, 0.15) is 39.5 Å². The molecule has 3 aromatic rings. The van der Waals surface area contributed by atoms with E-state index in [1.54, 1.807) is 24.4 Å². The molecule has 2 amide bonds. The minimum Gasteiger partial charge on any atom is -0.487 e. The highest BCUT2D eigenvalue weighted by atomic mass is 19.4. The molecule has 1 aliphatic carbocycles. The Morgan fingerprint density at radius 3 is 2.77 bits per heavy atom. The van der Waals surface area contributed by atoms with Crippen molar-refractivity contribution in [1.29, 1.82) is 0 Å². The zero-order valence-corrected chi connectivity index (χ0v) is 17.9. The van der Waals surface area contributed by atoms with E-state index in [2.05, 4.69) is 20.6 Å². The summed E-state index contributed by atoms with van der Waals surface area (Å²) in [6.07, 6.45) is -1.55. The SMILES string of the molecule is O=C1CCc2c(Oc3ccc4c(c3)[C@H]3[C@@H](NC(=O)c5ccnc(C(F)(F)F)c5)[C@H]3O4)ccnc2N1. The Hall–Kier alpha value is -4.15. The molecule has 2 N–H and O–H groups in total. The van der Waals surface area contributed by atoms with Gasteiger partial charge in [0.05, 0.1) is 12.0 Å². The Balaban J connectivity index is 1.18. The summed E-state index contributed by atoms with van der Waals surface area (Å²) in [5.74, 6) is 1.45. The van der Waals surface area contributed by atoms with Gasteiger partial charge in [-0.15, -0.1) is 0 Å². The number of rotatable bonds is 4. The van der Waals surface area contributed by atoms with Crippen LogP contribution in [-0.2, 0) is 17.4 Å². The Kier molecular flexibility index (Phi) is 4.70. The van der Waals surface area contributed by atoms with Crippen molar-refractivity contribution < 1.29 is 32.2 Å². The van der Waals surface area contributed by atoms with E-state index in [4.69, 9.17) is 9.47 Å². The highest BCUT2D eigenvalue weighted by Crippen LogP contribution is 2.54. The number of amides is 2. The Labute approximate surface area is 196 Å². The van der Waals surface area contributed by atoms with Crippen molar-refractivity contribution in [2.24, 2.45) is 0 Å². The highest BCUT2D eigenvalue weighted by molar-refractivity contribution is 5.95. The quantitative estimate of drug-likeness (QED) is 0.586. The van der Waals surface area contributed by atoms with E-state index < -0.39 is 17.8 Å². The fraction of sp³-hybridized carbons (Fsp3) is 0.250. The summed E-state index contributed by atoms with van der Waals surface area (Å²) >= 11 is 0. The van der Waals surface area contributed by atoms with Crippen molar-refractivity contribution in [3.63, 3.8) is 0 Å². The number of nitrogens with zero attached hydrogens (tertiary/aromatic N) is 2. The molecule has 1 fully saturated rings. The molecule has 8 nitrogen and oxygen atoms in total. The second kappa shape index (κ2) is 7.69. The molecule has 0 spiro atoms. The molecule has 1 saturated carbocycles. The fourth-order valence-electron chi connectivity index (χ4n) is 4.52. The maximum absolute atomic E-state index is 12.9. The van der Waals surface area contributed by atoms with Crippen molar-refractivity contribution in [2.75, 3.05) is 5.32 Å². The highest BCUT2D eigenvalue weighted by Gasteiger charge is 2.59.